The number of pyridine rings is 1. The van der Waals surface area contributed by atoms with Crippen LogP contribution < -0.4 is 4.57 Å². The van der Waals surface area contributed by atoms with Crippen molar-refractivity contribution in [2.24, 2.45) is 7.05 Å². The van der Waals surface area contributed by atoms with Gasteiger partial charge < -0.3 is 0 Å². The first-order chi connectivity index (χ1) is 7.84. The van der Waals surface area contributed by atoms with Gasteiger partial charge in [0.1, 0.15) is 7.05 Å². The van der Waals surface area contributed by atoms with Crippen LogP contribution in [0.3, 0.4) is 0 Å². The number of aryl methyl sites for hydroxylation is 3. The number of nitrogens with zero attached hydrogens (tertiary/aromatic N) is 1. The van der Waals surface area contributed by atoms with Crippen LogP contribution in [0.1, 0.15) is 17.5 Å². The number of aromatic nitrogens is 1. The molecule has 1 aromatic carbocycles. The molecule has 0 saturated heterocycles. The minimum Gasteiger partial charge on any atom is -0.208 e. The summed E-state index contributed by atoms with van der Waals surface area (Å²) in [5.74, 6) is 0. The lowest BCUT2D eigenvalue weighted by atomic mass is 10.1. The van der Waals surface area contributed by atoms with Crippen LogP contribution in [0.25, 0.3) is 0 Å². The summed E-state index contributed by atoms with van der Waals surface area (Å²) in [6.45, 7) is 0. The van der Waals surface area contributed by atoms with Gasteiger partial charge in [-0.1, -0.05) is 30.3 Å². The third-order valence-electron chi connectivity index (χ3n) is 2.82. The van der Waals surface area contributed by atoms with Crippen molar-refractivity contribution in [2.75, 3.05) is 0 Å². The second-order valence-electron chi connectivity index (χ2n) is 4.21. The maximum Gasteiger partial charge on any atom is 0.168 e. The van der Waals surface area contributed by atoms with Crippen LogP contribution in [0.15, 0.2) is 54.9 Å². The molecule has 0 aliphatic rings. The first kappa shape index (κ1) is 10.9. The van der Waals surface area contributed by atoms with E-state index in [1.165, 1.54) is 24.0 Å². The van der Waals surface area contributed by atoms with Gasteiger partial charge in [0, 0.05) is 12.1 Å². The van der Waals surface area contributed by atoms with Crippen molar-refractivity contribution in [1.82, 2.24) is 0 Å². The molecule has 1 aromatic heterocycles. The summed E-state index contributed by atoms with van der Waals surface area (Å²) in [7, 11) is 2.05. The van der Waals surface area contributed by atoms with Crippen LogP contribution in [-0.4, -0.2) is 0 Å². The molecule has 0 aliphatic heterocycles. The molecule has 0 spiro atoms. The molecule has 2 rings (SSSR count). The summed E-state index contributed by atoms with van der Waals surface area (Å²) >= 11 is 0. The van der Waals surface area contributed by atoms with Gasteiger partial charge >= 0.3 is 0 Å². The Morgan fingerprint density at radius 3 is 2.00 bits per heavy atom. The van der Waals surface area contributed by atoms with E-state index < -0.39 is 0 Å². The standard InChI is InChI=1S/C15H18N/c1-16-12-10-15(11-13-16)9-5-8-14-6-3-2-4-7-14/h2-4,6-7,10-13H,5,8-9H2,1H3/q+1. The maximum absolute atomic E-state index is 2.20. The van der Waals surface area contributed by atoms with Gasteiger partial charge in [0.2, 0.25) is 0 Å². The fourth-order valence-corrected chi connectivity index (χ4v) is 1.84. The quantitative estimate of drug-likeness (QED) is 0.686. The molecule has 0 amide bonds. The minimum atomic E-state index is 1.16. The molecule has 0 aliphatic carbocycles. The summed E-state index contributed by atoms with van der Waals surface area (Å²) in [6.07, 6.45) is 7.77. The van der Waals surface area contributed by atoms with Crippen LogP contribution in [0.2, 0.25) is 0 Å². The van der Waals surface area contributed by atoms with E-state index in [1.807, 2.05) is 7.05 Å². The zero-order chi connectivity index (χ0) is 11.2. The smallest absolute Gasteiger partial charge is 0.168 e. The Bertz CT molecular complexity index is 417. The molecule has 2 aromatic rings. The molecule has 0 atom stereocenters. The van der Waals surface area contributed by atoms with E-state index in [0.29, 0.717) is 0 Å². The average Bonchev–Trinajstić information content (AvgIpc) is 2.33. The van der Waals surface area contributed by atoms with Gasteiger partial charge in [-0.25, -0.2) is 4.57 Å². The van der Waals surface area contributed by atoms with Crippen LogP contribution in [0.5, 0.6) is 0 Å². The van der Waals surface area contributed by atoms with Gasteiger partial charge in [-0.15, -0.1) is 0 Å². The van der Waals surface area contributed by atoms with Gasteiger partial charge in [0.15, 0.2) is 12.4 Å². The fourth-order valence-electron chi connectivity index (χ4n) is 1.84. The van der Waals surface area contributed by atoms with E-state index in [9.17, 15) is 0 Å². The normalized spacial score (nSPS) is 10.3. The molecular formula is C15H18N+. The Balaban J connectivity index is 1.82. The SMILES string of the molecule is C[n+]1ccc(CCCc2ccccc2)cc1. The predicted octanol–water partition coefficient (Wildman–Crippen LogP) is 2.69. The van der Waals surface area contributed by atoms with Crippen LogP contribution in [0, 0.1) is 0 Å². The molecule has 1 heterocycles. The van der Waals surface area contributed by atoms with E-state index >= 15 is 0 Å². The van der Waals surface area contributed by atoms with Crippen LogP contribution in [-0.2, 0) is 19.9 Å². The maximum atomic E-state index is 2.20. The Morgan fingerprint density at radius 2 is 1.38 bits per heavy atom. The predicted molar refractivity (Wildman–Crippen MR) is 66.1 cm³/mol. The third kappa shape index (κ3) is 3.20. The van der Waals surface area contributed by atoms with Crippen molar-refractivity contribution >= 4 is 0 Å². The molecule has 0 bridgehead atoms. The molecule has 1 nitrogen and oxygen atoms in total. The molecule has 1 heteroatoms. The lowest BCUT2D eigenvalue weighted by molar-refractivity contribution is -0.671. The van der Waals surface area contributed by atoms with Gasteiger partial charge in [-0.05, 0) is 30.4 Å². The molecule has 16 heavy (non-hydrogen) atoms. The van der Waals surface area contributed by atoms with E-state index in [4.69, 9.17) is 0 Å². The third-order valence-corrected chi connectivity index (χ3v) is 2.82. The van der Waals surface area contributed by atoms with Crippen molar-refractivity contribution in [2.45, 2.75) is 19.3 Å². The molecule has 0 saturated carbocycles. The summed E-state index contributed by atoms with van der Waals surface area (Å²) in [5, 5.41) is 0. The molecule has 0 unspecified atom stereocenters. The summed E-state index contributed by atoms with van der Waals surface area (Å²) in [4.78, 5) is 0. The monoisotopic (exact) mass is 212 g/mol. The number of hydrogen-bond acceptors (Lipinski definition) is 0. The second kappa shape index (κ2) is 5.45. The first-order valence-electron chi connectivity index (χ1n) is 5.83. The van der Waals surface area contributed by atoms with Crippen LogP contribution in [0.4, 0.5) is 0 Å². The van der Waals surface area contributed by atoms with Crippen molar-refractivity contribution in [1.29, 1.82) is 0 Å². The van der Waals surface area contributed by atoms with E-state index in [2.05, 4.69) is 59.4 Å². The highest BCUT2D eigenvalue weighted by Gasteiger charge is 1.97. The van der Waals surface area contributed by atoms with Crippen molar-refractivity contribution in [3.8, 4) is 0 Å². The largest absolute Gasteiger partial charge is 0.208 e. The molecule has 0 radical (unpaired) electrons. The van der Waals surface area contributed by atoms with E-state index in [0.717, 1.165) is 6.42 Å². The Labute approximate surface area is 97.4 Å². The van der Waals surface area contributed by atoms with Crippen LogP contribution >= 0.6 is 0 Å². The summed E-state index contributed by atoms with van der Waals surface area (Å²) in [6, 6.07) is 15.1. The zero-order valence-electron chi connectivity index (χ0n) is 9.76. The molecular weight excluding hydrogens is 194 g/mol. The Morgan fingerprint density at radius 1 is 0.812 bits per heavy atom. The van der Waals surface area contributed by atoms with E-state index in [-0.39, 0.29) is 0 Å². The lowest BCUT2D eigenvalue weighted by Gasteiger charge is -2.01. The highest BCUT2D eigenvalue weighted by Crippen LogP contribution is 2.06. The summed E-state index contributed by atoms with van der Waals surface area (Å²) in [5.41, 5.74) is 2.86. The summed E-state index contributed by atoms with van der Waals surface area (Å²) < 4.78 is 2.07. The molecule has 0 N–H and O–H groups in total. The minimum absolute atomic E-state index is 1.16. The highest BCUT2D eigenvalue weighted by molar-refractivity contribution is 5.15. The Hall–Kier alpha value is -1.63. The lowest BCUT2D eigenvalue weighted by Crippen LogP contribution is -2.25. The first-order valence-corrected chi connectivity index (χ1v) is 5.83. The Kier molecular flexibility index (Phi) is 3.71. The number of benzene rings is 1. The van der Waals surface area contributed by atoms with Crippen molar-refractivity contribution in [3.63, 3.8) is 0 Å². The zero-order valence-corrected chi connectivity index (χ0v) is 9.76. The number of hydrogen-bond donors (Lipinski definition) is 0. The topological polar surface area (TPSA) is 3.88 Å². The molecule has 82 valence electrons. The fraction of sp³-hybridized carbons (Fsp3) is 0.267. The van der Waals surface area contributed by atoms with Gasteiger partial charge in [0.25, 0.3) is 0 Å². The number of rotatable bonds is 4. The molecule has 0 fully saturated rings. The van der Waals surface area contributed by atoms with Crippen molar-refractivity contribution < 1.29 is 4.57 Å². The average molecular weight is 212 g/mol. The second-order valence-corrected chi connectivity index (χ2v) is 4.21. The van der Waals surface area contributed by atoms with Gasteiger partial charge in [0.05, 0.1) is 0 Å². The van der Waals surface area contributed by atoms with Gasteiger partial charge in [-0.2, -0.15) is 0 Å². The highest BCUT2D eigenvalue weighted by atomic mass is 14.9. The van der Waals surface area contributed by atoms with Crippen molar-refractivity contribution in [3.05, 3.63) is 66.0 Å². The van der Waals surface area contributed by atoms with Gasteiger partial charge in [-0.3, -0.25) is 0 Å². The van der Waals surface area contributed by atoms with E-state index in [1.54, 1.807) is 0 Å².